The molecule has 0 saturated heterocycles. The lowest BCUT2D eigenvalue weighted by molar-refractivity contribution is 0.591. The van der Waals surface area contributed by atoms with Gasteiger partial charge in [-0.3, -0.25) is 4.68 Å². The Bertz CT molecular complexity index is 569. The number of fused-ring (bicyclic) bond motifs is 1. The van der Waals surface area contributed by atoms with Crippen molar-refractivity contribution < 1.29 is 0 Å². The number of rotatable bonds is 3. The molecule has 0 unspecified atom stereocenters. The molecule has 0 bridgehead atoms. The van der Waals surface area contributed by atoms with Crippen LogP contribution in [0.15, 0.2) is 30.9 Å². The Morgan fingerprint density at radius 3 is 2.90 bits per heavy atom. The van der Waals surface area contributed by atoms with Crippen molar-refractivity contribution in [1.82, 2.24) is 14.8 Å². The topological polar surface area (TPSA) is 37.2 Å². The fourth-order valence-electron chi connectivity index (χ4n) is 2.62. The lowest BCUT2D eigenvalue weighted by Gasteiger charge is -2.26. The maximum atomic E-state index is 6.17. The van der Waals surface area contributed by atoms with Crippen molar-refractivity contribution >= 4 is 23.0 Å². The van der Waals surface area contributed by atoms with Gasteiger partial charge in [0, 0.05) is 31.7 Å². The van der Waals surface area contributed by atoms with E-state index in [0.29, 0.717) is 0 Å². The minimum atomic E-state index is 0.782. The second-order valence-electron chi connectivity index (χ2n) is 5.05. The smallest absolute Gasteiger partial charge is 0.137 e. The second kappa shape index (κ2) is 5.71. The van der Waals surface area contributed by atoms with Gasteiger partial charge in [-0.15, -0.1) is 0 Å². The first-order valence-corrected chi connectivity index (χ1v) is 7.20. The van der Waals surface area contributed by atoms with Crippen molar-refractivity contribution in [3.05, 3.63) is 35.9 Å². The van der Waals surface area contributed by atoms with E-state index in [4.69, 9.17) is 11.6 Å². The molecule has 0 aliphatic carbocycles. The first kappa shape index (κ1) is 13.2. The van der Waals surface area contributed by atoms with Crippen LogP contribution in [0.4, 0.5) is 11.4 Å². The minimum absolute atomic E-state index is 0.782. The number of benzene rings is 1. The fourth-order valence-corrected chi connectivity index (χ4v) is 2.78. The molecular formula is C14H18ClN5. The highest BCUT2D eigenvalue weighted by atomic mass is 35.5. The summed E-state index contributed by atoms with van der Waals surface area (Å²) in [5.41, 5.74) is 2.45. The standard InChI is InChI=1S/C14H18ClN5/c1-18-5-2-6-19(7-8-20-11-16-10-17-20)14-9-12(15)3-4-13(14)18/h3-4,9-11H,2,5-8H2,1H3. The Morgan fingerprint density at radius 2 is 2.10 bits per heavy atom. The molecule has 6 heteroatoms. The summed E-state index contributed by atoms with van der Waals surface area (Å²) in [6.07, 6.45) is 4.46. The van der Waals surface area contributed by atoms with E-state index >= 15 is 0 Å². The average Bonchev–Trinajstić information content (AvgIpc) is 2.90. The van der Waals surface area contributed by atoms with Crippen LogP contribution in [-0.2, 0) is 6.54 Å². The molecule has 2 aromatic rings. The van der Waals surface area contributed by atoms with E-state index < -0.39 is 0 Å². The quantitative estimate of drug-likeness (QED) is 0.869. The van der Waals surface area contributed by atoms with Gasteiger partial charge in [-0.1, -0.05) is 11.6 Å². The summed E-state index contributed by atoms with van der Waals surface area (Å²) in [6, 6.07) is 6.11. The highest BCUT2D eigenvalue weighted by Crippen LogP contribution is 2.33. The third-order valence-electron chi connectivity index (χ3n) is 3.68. The lowest BCUT2D eigenvalue weighted by atomic mass is 10.2. The van der Waals surface area contributed by atoms with Gasteiger partial charge >= 0.3 is 0 Å². The highest BCUT2D eigenvalue weighted by Gasteiger charge is 2.18. The number of nitrogens with zero attached hydrogens (tertiary/aromatic N) is 5. The van der Waals surface area contributed by atoms with Crippen molar-refractivity contribution in [2.75, 3.05) is 36.5 Å². The van der Waals surface area contributed by atoms with Crippen LogP contribution in [0, 0.1) is 0 Å². The molecule has 0 amide bonds. The normalized spacial score (nSPS) is 15.1. The van der Waals surface area contributed by atoms with Crippen LogP contribution >= 0.6 is 11.6 Å². The van der Waals surface area contributed by atoms with Crippen molar-refractivity contribution in [2.45, 2.75) is 13.0 Å². The minimum Gasteiger partial charge on any atom is -0.373 e. The Morgan fingerprint density at radius 1 is 1.20 bits per heavy atom. The molecule has 1 aliphatic rings. The van der Waals surface area contributed by atoms with Gasteiger partial charge in [-0.05, 0) is 24.6 Å². The second-order valence-corrected chi connectivity index (χ2v) is 5.49. The predicted molar refractivity (Wildman–Crippen MR) is 81.6 cm³/mol. The summed E-state index contributed by atoms with van der Waals surface area (Å²) in [4.78, 5) is 8.65. The summed E-state index contributed by atoms with van der Waals surface area (Å²) in [5.74, 6) is 0. The van der Waals surface area contributed by atoms with Crippen LogP contribution < -0.4 is 9.80 Å². The van der Waals surface area contributed by atoms with E-state index in [1.807, 2.05) is 10.7 Å². The predicted octanol–water partition coefficient (Wildman–Crippen LogP) is 2.28. The number of aromatic nitrogens is 3. The first-order valence-electron chi connectivity index (χ1n) is 6.82. The maximum absolute atomic E-state index is 6.17. The molecule has 106 valence electrons. The molecule has 0 saturated carbocycles. The molecule has 2 heterocycles. The summed E-state index contributed by atoms with van der Waals surface area (Å²) >= 11 is 6.17. The zero-order chi connectivity index (χ0) is 13.9. The summed E-state index contributed by atoms with van der Waals surface area (Å²) in [5, 5.41) is 4.94. The molecule has 3 rings (SSSR count). The van der Waals surface area contributed by atoms with Gasteiger partial charge in [-0.25, -0.2) is 4.98 Å². The van der Waals surface area contributed by atoms with Crippen molar-refractivity contribution in [2.24, 2.45) is 0 Å². The highest BCUT2D eigenvalue weighted by molar-refractivity contribution is 6.31. The summed E-state index contributed by atoms with van der Waals surface area (Å²) in [6.45, 7) is 3.83. The summed E-state index contributed by atoms with van der Waals surface area (Å²) in [7, 11) is 2.13. The van der Waals surface area contributed by atoms with Crippen LogP contribution in [0.3, 0.4) is 0 Å². The van der Waals surface area contributed by atoms with Gasteiger partial charge in [0.15, 0.2) is 0 Å². The van der Waals surface area contributed by atoms with Gasteiger partial charge in [0.05, 0.1) is 17.9 Å². The molecule has 0 N–H and O–H groups in total. The SMILES string of the molecule is CN1CCCN(CCn2cncn2)c2cc(Cl)ccc21. The Kier molecular flexibility index (Phi) is 3.78. The third kappa shape index (κ3) is 2.72. The first-order chi connectivity index (χ1) is 9.74. The van der Waals surface area contributed by atoms with Crippen molar-refractivity contribution in [1.29, 1.82) is 0 Å². The molecule has 1 aromatic carbocycles. The third-order valence-corrected chi connectivity index (χ3v) is 3.91. The Hall–Kier alpha value is -1.75. The van der Waals surface area contributed by atoms with Crippen molar-refractivity contribution in [3.8, 4) is 0 Å². The van der Waals surface area contributed by atoms with Gasteiger partial charge in [-0.2, -0.15) is 5.10 Å². The van der Waals surface area contributed by atoms with E-state index in [1.54, 1.807) is 12.7 Å². The number of halogens is 1. The van der Waals surface area contributed by atoms with Crippen LogP contribution in [0.25, 0.3) is 0 Å². The van der Waals surface area contributed by atoms with Gasteiger partial charge < -0.3 is 9.80 Å². The van der Waals surface area contributed by atoms with E-state index in [2.05, 4.69) is 39.1 Å². The fraction of sp³-hybridized carbons (Fsp3) is 0.429. The molecule has 1 aliphatic heterocycles. The van der Waals surface area contributed by atoms with Gasteiger partial charge in [0.1, 0.15) is 12.7 Å². The van der Waals surface area contributed by atoms with E-state index in [-0.39, 0.29) is 0 Å². The molecule has 0 spiro atoms. The molecule has 0 radical (unpaired) electrons. The number of anilines is 2. The Labute approximate surface area is 123 Å². The average molecular weight is 292 g/mol. The van der Waals surface area contributed by atoms with Crippen LogP contribution in [0.2, 0.25) is 5.02 Å². The zero-order valence-corrected chi connectivity index (χ0v) is 12.3. The van der Waals surface area contributed by atoms with Gasteiger partial charge in [0.2, 0.25) is 0 Å². The van der Waals surface area contributed by atoms with E-state index in [0.717, 1.165) is 37.6 Å². The molecular weight excluding hydrogens is 274 g/mol. The largest absolute Gasteiger partial charge is 0.373 e. The Balaban J connectivity index is 1.83. The maximum Gasteiger partial charge on any atom is 0.137 e. The lowest BCUT2D eigenvalue weighted by Crippen LogP contribution is -2.28. The molecule has 20 heavy (non-hydrogen) atoms. The van der Waals surface area contributed by atoms with E-state index in [1.165, 1.54) is 11.4 Å². The molecule has 5 nitrogen and oxygen atoms in total. The summed E-state index contributed by atoms with van der Waals surface area (Å²) < 4.78 is 1.86. The van der Waals surface area contributed by atoms with Crippen LogP contribution in [-0.4, -0.2) is 41.4 Å². The zero-order valence-electron chi connectivity index (χ0n) is 11.5. The molecule has 0 fully saturated rings. The number of hydrogen-bond donors (Lipinski definition) is 0. The van der Waals surface area contributed by atoms with E-state index in [9.17, 15) is 0 Å². The van der Waals surface area contributed by atoms with Crippen LogP contribution in [0.1, 0.15) is 6.42 Å². The van der Waals surface area contributed by atoms with Gasteiger partial charge in [0.25, 0.3) is 0 Å². The molecule has 1 aromatic heterocycles. The monoisotopic (exact) mass is 291 g/mol. The molecule has 0 atom stereocenters. The number of hydrogen-bond acceptors (Lipinski definition) is 4. The van der Waals surface area contributed by atoms with Crippen molar-refractivity contribution in [3.63, 3.8) is 0 Å². The van der Waals surface area contributed by atoms with Crippen LogP contribution in [0.5, 0.6) is 0 Å².